The number of hydrogen-bond acceptors (Lipinski definition) is 3. The Hall–Kier alpha value is -7.75. The third kappa shape index (κ3) is 5.18. The maximum atomic E-state index is 5.01. The molecule has 12 aromatic rings. The molecule has 0 atom stereocenters. The number of fused-ring (bicyclic) bond motifs is 2. The van der Waals surface area contributed by atoms with E-state index in [1.165, 1.54) is 75.8 Å². The molecule has 0 amide bonds. The molecule has 0 fully saturated rings. The first-order chi connectivity index (χ1) is 28.7. The summed E-state index contributed by atoms with van der Waals surface area (Å²) >= 11 is 0. The standard InChI is InChI=1S/C55H33N3/c1-3-12-37(13-4-1)53-56-54(38-14-5-2-6-15-38)58-55(57-53)43-22-8-20-40(31-43)39-19-7-21-41(30-39)44-32-42-29-28-36-17-10-24-46-45-23-9-16-34-26-27-35-18-11-25-47(51(35)49(34)45)48(33-44)52(42)50(36)46/h1-33H. The van der Waals surface area contributed by atoms with Crippen LogP contribution in [0.3, 0.4) is 0 Å². The summed E-state index contributed by atoms with van der Waals surface area (Å²) in [5.74, 6) is 1.95. The lowest BCUT2D eigenvalue weighted by Crippen LogP contribution is -2.00. The zero-order valence-electron chi connectivity index (χ0n) is 31.4. The van der Waals surface area contributed by atoms with Crippen LogP contribution in [-0.4, -0.2) is 15.0 Å². The fourth-order valence-corrected chi connectivity index (χ4v) is 9.10. The van der Waals surface area contributed by atoms with Crippen LogP contribution >= 0.6 is 0 Å². The third-order valence-electron chi connectivity index (χ3n) is 11.8. The number of rotatable bonds is 5. The molecule has 58 heavy (non-hydrogen) atoms. The molecule has 0 aliphatic carbocycles. The van der Waals surface area contributed by atoms with E-state index in [0.29, 0.717) is 17.5 Å². The predicted octanol–water partition coefficient (Wildman–Crippen LogP) is 14.6. The van der Waals surface area contributed by atoms with Crippen molar-refractivity contribution >= 4 is 64.6 Å². The minimum atomic E-state index is 0.642. The monoisotopic (exact) mass is 735 g/mol. The van der Waals surface area contributed by atoms with Crippen molar-refractivity contribution in [2.24, 2.45) is 0 Å². The normalized spacial score (nSPS) is 11.8. The van der Waals surface area contributed by atoms with E-state index in [0.717, 1.165) is 27.8 Å². The molecular weight excluding hydrogens is 703 g/mol. The van der Waals surface area contributed by atoms with Gasteiger partial charge in [0, 0.05) is 16.7 Å². The van der Waals surface area contributed by atoms with Crippen molar-refractivity contribution in [2.75, 3.05) is 0 Å². The van der Waals surface area contributed by atoms with Gasteiger partial charge < -0.3 is 0 Å². The molecule has 1 heterocycles. The first kappa shape index (κ1) is 32.5. The highest BCUT2D eigenvalue weighted by Gasteiger charge is 2.17. The minimum absolute atomic E-state index is 0.642. The van der Waals surface area contributed by atoms with E-state index in [-0.39, 0.29) is 0 Å². The van der Waals surface area contributed by atoms with Gasteiger partial charge in [-0.15, -0.1) is 0 Å². The van der Waals surface area contributed by atoms with E-state index in [1.807, 2.05) is 60.7 Å². The maximum Gasteiger partial charge on any atom is 0.164 e. The third-order valence-corrected chi connectivity index (χ3v) is 11.8. The molecule has 3 heteroatoms. The lowest BCUT2D eigenvalue weighted by atomic mass is 9.86. The van der Waals surface area contributed by atoms with Gasteiger partial charge in [0.1, 0.15) is 0 Å². The Labute approximate surface area is 334 Å². The summed E-state index contributed by atoms with van der Waals surface area (Å²) in [6.07, 6.45) is 0. The van der Waals surface area contributed by atoms with Crippen LogP contribution in [-0.2, 0) is 0 Å². The van der Waals surface area contributed by atoms with Crippen molar-refractivity contribution < 1.29 is 0 Å². The highest BCUT2D eigenvalue weighted by Crippen LogP contribution is 2.44. The lowest BCUT2D eigenvalue weighted by Gasteiger charge is -2.17. The quantitative estimate of drug-likeness (QED) is 0.165. The maximum absolute atomic E-state index is 5.01. The molecule has 0 unspecified atom stereocenters. The van der Waals surface area contributed by atoms with Crippen molar-refractivity contribution in [3.63, 3.8) is 0 Å². The Kier molecular flexibility index (Phi) is 7.23. The van der Waals surface area contributed by atoms with Gasteiger partial charge in [-0.25, -0.2) is 15.0 Å². The molecule has 0 N–H and O–H groups in total. The summed E-state index contributed by atoms with van der Waals surface area (Å²) < 4.78 is 0. The van der Waals surface area contributed by atoms with E-state index >= 15 is 0 Å². The summed E-state index contributed by atoms with van der Waals surface area (Å²) in [7, 11) is 0. The van der Waals surface area contributed by atoms with Gasteiger partial charge in [0.15, 0.2) is 17.5 Å². The molecule has 0 saturated heterocycles. The van der Waals surface area contributed by atoms with Crippen LogP contribution in [0.4, 0.5) is 0 Å². The molecule has 12 rings (SSSR count). The molecule has 0 bridgehead atoms. The van der Waals surface area contributed by atoms with Gasteiger partial charge in [-0.2, -0.15) is 0 Å². The van der Waals surface area contributed by atoms with Gasteiger partial charge in [0.05, 0.1) is 0 Å². The van der Waals surface area contributed by atoms with Crippen LogP contribution in [0.15, 0.2) is 200 Å². The van der Waals surface area contributed by atoms with Crippen LogP contribution in [0.5, 0.6) is 0 Å². The topological polar surface area (TPSA) is 38.7 Å². The lowest BCUT2D eigenvalue weighted by molar-refractivity contribution is 1.07. The molecule has 1 aromatic heterocycles. The van der Waals surface area contributed by atoms with Gasteiger partial charge in [0.2, 0.25) is 0 Å². The molecule has 3 nitrogen and oxygen atoms in total. The summed E-state index contributed by atoms with van der Waals surface area (Å²) in [6.45, 7) is 0. The molecular formula is C55H33N3. The van der Waals surface area contributed by atoms with E-state index in [4.69, 9.17) is 15.0 Å². The molecule has 0 aliphatic heterocycles. The number of benzene rings is 10. The van der Waals surface area contributed by atoms with Crippen molar-refractivity contribution in [3.05, 3.63) is 200 Å². The van der Waals surface area contributed by atoms with Crippen LogP contribution in [0.25, 0.3) is 121 Å². The highest BCUT2D eigenvalue weighted by atomic mass is 15.0. The molecule has 0 spiro atoms. The Morgan fingerprint density at radius 3 is 1.09 bits per heavy atom. The Balaban J connectivity index is 1.05. The van der Waals surface area contributed by atoms with Gasteiger partial charge in [-0.05, 0) is 111 Å². The van der Waals surface area contributed by atoms with E-state index in [2.05, 4.69) is 140 Å². The average molecular weight is 736 g/mol. The van der Waals surface area contributed by atoms with Crippen molar-refractivity contribution in [2.45, 2.75) is 0 Å². The van der Waals surface area contributed by atoms with Crippen molar-refractivity contribution in [1.82, 2.24) is 15.0 Å². The first-order valence-corrected chi connectivity index (χ1v) is 19.8. The summed E-state index contributed by atoms with van der Waals surface area (Å²) in [4.78, 5) is 14.9. The average Bonchev–Trinajstić information content (AvgIpc) is 3.30. The number of aromatic nitrogens is 3. The molecule has 0 aliphatic rings. The van der Waals surface area contributed by atoms with Gasteiger partial charge in [-0.1, -0.05) is 176 Å². The Bertz CT molecular complexity index is 3490. The van der Waals surface area contributed by atoms with Gasteiger partial charge in [-0.3, -0.25) is 0 Å². The Morgan fingerprint density at radius 1 is 0.207 bits per heavy atom. The fourth-order valence-electron chi connectivity index (χ4n) is 9.10. The van der Waals surface area contributed by atoms with Crippen LogP contribution in [0.2, 0.25) is 0 Å². The van der Waals surface area contributed by atoms with E-state index < -0.39 is 0 Å². The van der Waals surface area contributed by atoms with Crippen LogP contribution < -0.4 is 0 Å². The highest BCUT2D eigenvalue weighted by molar-refractivity contribution is 6.37. The number of nitrogens with zero attached hydrogens (tertiary/aromatic N) is 3. The first-order valence-electron chi connectivity index (χ1n) is 19.8. The zero-order valence-corrected chi connectivity index (χ0v) is 31.4. The minimum Gasteiger partial charge on any atom is -0.208 e. The SMILES string of the molecule is c1ccc(-c2nc(-c3ccccc3)nc(-c3cccc(-c4cccc(-c5cc6ccc7cccc8c9cccc%10ccc%11cccc(c(c5)c6c78)c%11c%109)c4)c3)n2)cc1. The zero-order chi connectivity index (χ0) is 38.2. The van der Waals surface area contributed by atoms with Gasteiger partial charge >= 0.3 is 0 Å². The largest absolute Gasteiger partial charge is 0.208 e. The van der Waals surface area contributed by atoms with E-state index in [1.54, 1.807) is 0 Å². The Morgan fingerprint density at radius 2 is 0.569 bits per heavy atom. The second-order valence-corrected chi connectivity index (χ2v) is 15.2. The second-order valence-electron chi connectivity index (χ2n) is 15.2. The second kappa shape index (κ2) is 12.9. The molecule has 11 aromatic carbocycles. The smallest absolute Gasteiger partial charge is 0.164 e. The summed E-state index contributed by atoms with van der Waals surface area (Å²) in [5.41, 5.74) is 7.43. The van der Waals surface area contributed by atoms with Crippen molar-refractivity contribution in [1.29, 1.82) is 0 Å². The molecule has 0 radical (unpaired) electrons. The molecule has 0 saturated carbocycles. The van der Waals surface area contributed by atoms with Gasteiger partial charge in [0.25, 0.3) is 0 Å². The van der Waals surface area contributed by atoms with Crippen LogP contribution in [0, 0.1) is 0 Å². The molecule has 268 valence electrons. The van der Waals surface area contributed by atoms with Crippen molar-refractivity contribution in [3.8, 4) is 56.4 Å². The summed E-state index contributed by atoms with van der Waals surface area (Å²) in [5, 5.41) is 15.4. The predicted molar refractivity (Wildman–Crippen MR) is 243 cm³/mol. The van der Waals surface area contributed by atoms with E-state index in [9.17, 15) is 0 Å². The van der Waals surface area contributed by atoms with Crippen LogP contribution in [0.1, 0.15) is 0 Å². The fraction of sp³-hybridized carbons (Fsp3) is 0. The number of hydrogen-bond donors (Lipinski definition) is 0. The summed E-state index contributed by atoms with van der Waals surface area (Å²) in [6, 6.07) is 72.0.